The van der Waals surface area contributed by atoms with Crippen LogP contribution in [-0.2, 0) is 0 Å². The maximum Gasteiger partial charge on any atom is 0.0486 e. The fraction of sp³-hybridized carbons (Fsp3) is 0.536. The Balaban J connectivity index is 1.32. The Kier molecular flexibility index (Phi) is 5.74. The summed E-state index contributed by atoms with van der Waals surface area (Å²) in [4.78, 5) is 4.49. The number of aromatic nitrogens is 2. The van der Waals surface area contributed by atoms with E-state index in [1.807, 2.05) is 6.20 Å². The van der Waals surface area contributed by atoms with Crippen LogP contribution in [0.5, 0.6) is 0 Å². The number of pyridine rings is 1. The minimum absolute atomic E-state index is 0.377. The molecule has 0 radical (unpaired) electrons. The average molecular weight is 429 g/mol. The quantitative estimate of drug-likeness (QED) is 0.539. The first kappa shape index (κ1) is 20.4. The summed E-state index contributed by atoms with van der Waals surface area (Å²) in [5.41, 5.74) is 4.26. The summed E-state index contributed by atoms with van der Waals surface area (Å²) >= 11 is 0. The second-order valence-corrected chi connectivity index (χ2v) is 10.4. The fourth-order valence-electron chi connectivity index (χ4n) is 6.88. The van der Waals surface area contributed by atoms with Crippen LogP contribution in [0.4, 0.5) is 0 Å². The van der Waals surface area contributed by atoms with Crippen LogP contribution in [0.25, 0.3) is 10.9 Å². The molecule has 2 aliphatic carbocycles. The number of hydrogen-bond donors (Lipinski definition) is 2. The summed E-state index contributed by atoms with van der Waals surface area (Å²) in [6.07, 6.45) is 15.8. The van der Waals surface area contributed by atoms with Crippen molar-refractivity contribution in [3.63, 3.8) is 0 Å². The van der Waals surface area contributed by atoms with Crippen molar-refractivity contribution in [2.45, 2.75) is 62.9 Å². The number of nitrogens with zero attached hydrogens (tertiary/aromatic N) is 2. The standard InChI is InChI=1S/C28H36N4/c1-2-6-27-25(5-1)26(19-32(27)28-17-20-7-8-21(28)16-20)24(22-4-3-12-30-18-22)11-15-31-23-9-13-29-14-10-23/h1-6,12,18-21,23-24,28-29,31H,7-11,13-17H2. The first-order valence-electron chi connectivity index (χ1n) is 12.8. The molecular weight excluding hydrogens is 392 g/mol. The number of benzene rings is 1. The van der Waals surface area contributed by atoms with Crippen LogP contribution in [0.3, 0.4) is 0 Å². The summed E-state index contributed by atoms with van der Waals surface area (Å²) in [5, 5.41) is 8.77. The monoisotopic (exact) mass is 428 g/mol. The first-order valence-corrected chi connectivity index (χ1v) is 12.8. The predicted octanol–water partition coefficient (Wildman–Crippen LogP) is 5.26. The zero-order valence-corrected chi connectivity index (χ0v) is 19.0. The van der Waals surface area contributed by atoms with E-state index in [1.54, 1.807) is 0 Å². The van der Waals surface area contributed by atoms with Gasteiger partial charge >= 0.3 is 0 Å². The number of fused-ring (bicyclic) bond motifs is 3. The van der Waals surface area contributed by atoms with Gasteiger partial charge in [-0.15, -0.1) is 0 Å². The highest BCUT2D eigenvalue weighted by Crippen LogP contribution is 2.52. The molecule has 0 spiro atoms. The summed E-state index contributed by atoms with van der Waals surface area (Å²) in [7, 11) is 0. The predicted molar refractivity (Wildman–Crippen MR) is 131 cm³/mol. The van der Waals surface area contributed by atoms with Crippen molar-refractivity contribution in [2.24, 2.45) is 11.8 Å². The largest absolute Gasteiger partial charge is 0.344 e. The zero-order chi connectivity index (χ0) is 21.3. The van der Waals surface area contributed by atoms with Gasteiger partial charge in [-0.2, -0.15) is 0 Å². The maximum atomic E-state index is 4.49. The van der Waals surface area contributed by atoms with Crippen molar-refractivity contribution in [1.82, 2.24) is 20.2 Å². The number of nitrogens with one attached hydrogen (secondary N) is 2. The lowest BCUT2D eigenvalue weighted by atomic mass is 9.89. The Bertz CT molecular complexity index is 1040. The van der Waals surface area contributed by atoms with Crippen LogP contribution in [0.15, 0.2) is 55.0 Å². The summed E-state index contributed by atoms with van der Waals surface area (Å²) < 4.78 is 2.66. The van der Waals surface area contributed by atoms with Crippen molar-refractivity contribution in [2.75, 3.05) is 19.6 Å². The normalized spacial score (nSPS) is 26.7. The summed E-state index contributed by atoms with van der Waals surface area (Å²) in [5.74, 6) is 2.21. The van der Waals surface area contributed by atoms with Gasteiger partial charge in [-0.3, -0.25) is 4.98 Å². The van der Waals surface area contributed by atoms with Gasteiger partial charge < -0.3 is 15.2 Å². The van der Waals surface area contributed by atoms with Crippen molar-refractivity contribution < 1.29 is 0 Å². The molecule has 4 heteroatoms. The van der Waals surface area contributed by atoms with Gasteiger partial charge in [-0.25, -0.2) is 0 Å². The molecule has 6 rings (SSSR count). The molecule has 3 fully saturated rings. The number of para-hydroxylation sites is 1. The molecule has 1 saturated heterocycles. The van der Waals surface area contributed by atoms with E-state index in [-0.39, 0.29) is 0 Å². The van der Waals surface area contributed by atoms with Gasteiger partial charge in [0.1, 0.15) is 0 Å². The highest BCUT2D eigenvalue weighted by atomic mass is 15.0. The van der Waals surface area contributed by atoms with E-state index in [1.165, 1.54) is 60.6 Å². The minimum Gasteiger partial charge on any atom is -0.344 e. The number of rotatable bonds is 7. The van der Waals surface area contributed by atoms with E-state index < -0.39 is 0 Å². The molecule has 1 aliphatic heterocycles. The highest BCUT2D eigenvalue weighted by Gasteiger charge is 2.41. The van der Waals surface area contributed by atoms with Gasteiger partial charge in [0.05, 0.1) is 0 Å². The topological polar surface area (TPSA) is 41.9 Å². The van der Waals surface area contributed by atoms with Crippen LogP contribution in [0, 0.1) is 11.8 Å². The summed E-state index contributed by atoms with van der Waals surface area (Å²) in [6, 6.07) is 14.8. The van der Waals surface area contributed by atoms with Crippen molar-refractivity contribution in [3.05, 3.63) is 66.1 Å². The van der Waals surface area contributed by atoms with Crippen LogP contribution in [0.2, 0.25) is 0 Å². The average Bonchev–Trinajstić information content (AvgIpc) is 3.58. The molecule has 4 nitrogen and oxygen atoms in total. The molecule has 32 heavy (non-hydrogen) atoms. The van der Waals surface area contributed by atoms with Crippen molar-refractivity contribution in [3.8, 4) is 0 Å². The molecule has 3 heterocycles. The molecule has 1 aromatic carbocycles. The molecule has 3 aliphatic rings. The zero-order valence-electron chi connectivity index (χ0n) is 19.0. The highest BCUT2D eigenvalue weighted by molar-refractivity contribution is 5.85. The molecule has 2 aromatic heterocycles. The van der Waals surface area contributed by atoms with Crippen LogP contribution >= 0.6 is 0 Å². The van der Waals surface area contributed by atoms with E-state index in [0.29, 0.717) is 18.0 Å². The molecule has 2 N–H and O–H groups in total. The first-order chi connectivity index (χ1) is 15.9. The lowest BCUT2D eigenvalue weighted by Gasteiger charge is -2.25. The lowest BCUT2D eigenvalue weighted by molar-refractivity contribution is 0.336. The Morgan fingerprint density at radius 1 is 1.03 bits per heavy atom. The molecule has 2 bridgehead atoms. The van der Waals surface area contributed by atoms with Gasteiger partial charge in [0.15, 0.2) is 0 Å². The third-order valence-electron chi connectivity index (χ3n) is 8.50. The lowest BCUT2D eigenvalue weighted by Crippen LogP contribution is -2.40. The van der Waals surface area contributed by atoms with Crippen molar-refractivity contribution in [1.29, 1.82) is 0 Å². The minimum atomic E-state index is 0.377. The van der Waals surface area contributed by atoms with E-state index in [9.17, 15) is 0 Å². The molecule has 4 atom stereocenters. The molecule has 4 unspecified atom stereocenters. The second-order valence-electron chi connectivity index (χ2n) is 10.4. The third-order valence-corrected chi connectivity index (χ3v) is 8.50. The smallest absolute Gasteiger partial charge is 0.0486 e. The number of hydrogen-bond acceptors (Lipinski definition) is 3. The van der Waals surface area contributed by atoms with Gasteiger partial charge in [0.25, 0.3) is 0 Å². The van der Waals surface area contributed by atoms with E-state index in [0.717, 1.165) is 37.9 Å². The van der Waals surface area contributed by atoms with Crippen LogP contribution in [0.1, 0.15) is 68.0 Å². The number of piperidine rings is 1. The molecule has 168 valence electrons. The summed E-state index contributed by atoms with van der Waals surface area (Å²) in [6.45, 7) is 3.33. The molecular formula is C28H36N4. The van der Waals surface area contributed by atoms with Crippen molar-refractivity contribution >= 4 is 10.9 Å². The van der Waals surface area contributed by atoms with Crippen LogP contribution in [-0.4, -0.2) is 35.2 Å². The van der Waals surface area contributed by atoms with E-state index in [4.69, 9.17) is 0 Å². The fourth-order valence-corrected chi connectivity index (χ4v) is 6.88. The van der Waals surface area contributed by atoms with Crippen LogP contribution < -0.4 is 10.6 Å². The maximum absolute atomic E-state index is 4.49. The van der Waals surface area contributed by atoms with E-state index >= 15 is 0 Å². The molecule has 3 aromatic rings. The third kappa shape index (κ3) is 3.88. The Morgan fingerprint density at radius 2 is 1.94 bits per heavy atom. The van der Waals surface area contributed by atoms with Gasteiger partial charge in [0.2, 0.25) is 0 Å². The van der Waals surface area contributed by atoms with Gasteiger partial charge in [-0.1, -0.05) is 30.7 Å². The second kappa shape index (κ2) is 8.99. The Hall–Kier alpha value is -2.17. The Morgan fingerprint density at radius 3 is 2.72 bits per heavy atom. The molecule has 2 saturated carbocycles. The van der Waals surface area contributed by atoms with Gasteiger partial charge in [0, 0.05) is 47.5 Å². The Labute approximate surface area is 191 Å². The van der Waals surface area contributed by atoms with E-state index in [2.05, 4.69) is 69.0 Å². The SMILES string of the molecule is c1cncc(C(CCNC2CCNCC2)c2cn(C3CC4CCC3C4)c3ccccc23)c1. The van der Waals surface area contributed by atoms with Gasteiger partial charge in [-0.05, 0) is 93.3 Å². The molecule has 0 amide bonds.